The van der Waals surface area contributed by atoms with Crippen LogP contribution in [0.5, 0.6) is 0 Å². The molecular formula is C17H29N5O. The summed E-state index contributed by atoms with van der Waals surface area (Å²) in [6.07, 6.45) is 4.06. The summed E-state index contributed by atoms with van der Waals surface area (Å²) in [5, 5.41) is 9.97. The summed E-state index contributed by atoms with van der Waals surface area (Å²) >= 11 is 0. The maximum Gasteiger partial charge on any atom is 0.225 e. The number of nitrogens with zero attached hydrogens (tertiary/aromatic N) is 1. The first-order chi connectivity index (χ1) is 10.7. The minimum Gasteiger partial charge on any atom is -0.367 e. The molecule has 0 radical (unpaired) electrons. The first kappa shape index (κ1) is 17.7. The molecule has 23 heavy (non-hydrogen) atoms. The van der Waals surface area contributed by atoms with Crippen LogP contribution in [-0.4, -0.2) is 34.6 Å². The van der Waals surface area contributed by atoms with Crippen molar-refractivity contribution in [2.45, 2.75) is 64.1 Å². The number of nitrogens with two attached hydrogens (primary N) is 1. The molecule has 1 aromatic rings. The van der Waals surface area contributed by atoms with Crippen LogP contribution < -0.4 is 21.7 Å². The largest absolute Gasteiger partial charge is 0.367 e. The van der Waals surface area contributed by atoms with Crippen LogP contribution in [0.25, 0.3) is 0 Å². The van der Waals surface area contributed by atoms with Crippen molar-refractivity contribution in [2.24, 2.45) is 5.73 Å². The van der Waals surface area contributed by atoms with E-state index in [4.69, 9.17) is 5.73 Å². The van der Waals surface area contributed by atoms with Crippen molar-refractivity contribution < 1.29 is 4.79 Å². The molecular weight excluding hydrogens is 290 g/mol. The molecule has 1 aliphatic heterocycles. The molecule has 0 unspecified atom stereocenters. The van der Waals surface area contributed by atoms with Crippen LogP contribution in [-0.2, 0) is 4.79 Å². The van der Waals surface area contributed by atoms with Gasteiger partial charge < -0.3 is 21.7 Å². The minimum absolute atomic E-state index is 0.0862. The summed E-state index contributed by atoms with van der Waals surface area (Å²) < 4.78 is 0. The topological polar surface area (TPSA) is 92.1 Å². The van der Waals surface area contributed by atoms with Gasteiger partial charge in [-0.1, -0.05) is 0 Å². The highest BCUT2D eigenvalue weighted by Gasteiger charge is 2.37. The summed E-state index contributed by atoms with van der Waals surface area (Å²) in [6.45, 7) is 9.26. The van der Waals surface area contributed by atoms with Crippen molar-refractivity contribution in [2.75, 3.05) is 17.2 Å². The van der Waals surface area contributed by atoms with Gasteiger partial charge >= 0.3 is 0 Å². The van der Waals surface area contributed by atoms with E-state index in [2.05, 4.69) is 48.6 Å². The molecule has 128 valence electrons. The van der Waals surface area contributed by atoms with Gasteiger partial charge in [-0.3, -0.25) is 4.79 Å². The van der Waals surface area contributed by atoms with E-state index in [0.29, 0.717) is 24.7 Å². The molecule has 5 N–H and O–H groups in total. The number of anilines is 2. The predicted molar refractivity (Wildman–Crippen MR) is 94.5 cm³/mol. The highest BCUT2D eigenvalue weighted by molar-refractivity contribution is 5.90. The van der Waals surface area contributed by atoms with Gasteiger partial charge in [-0.15, -0.1) is 0 Å². The first-order valence-corrected chi connectivity index (χ1v) is 8.21. The number of carbonyl (C=O) groups is 1. The molecule has 0 aliphatic carbocycles. The third kappa shape index (κ3) is 5.48. The van der Waals surface area contributed by atoms with Gasteiger partial charge in [0.2, 0.25) is 5.91 Å². The Bertz CT molecular complexity index is 522. The summed E-state index contributed by atoms with van der Waals surface area (Å²) in [5.41, 5.74) is 6.24. The molecule has 2 heterocycles. The van der Waals surface area contributed by atoms with Crippen molar-refractivity contribution in [1.29, 1.82) is 0 Å². The van der Waals surface area contributed by atoms with Crippen molar-refractivity contribution in [3.8, 4) is 0 Å². The van der Waals surface area contributed by atoms with Gasteiger partial charge in [0, 0.05) is 30.1 Å². The number of hydrogen-bond donors (Lipinski definition) is 4. The number of hydrogen-bond acceptors (Lipinski definition) is 5. The quantitative estimate of drug-likeness (QED) is 0.667. The van der Waals surface area contributed by atoms with Gasteiger partial charge in [0.25, 0.3) is 0 Å². The molecule has 0 atom stereocenters. The fourth-order valence-corrected chi connectivity index (χ4v) is 3.54. The zero-order chi connectivity index (χ0) is 17.1. The number of carbonyl (C=O) groups excluding carboxylic acids is 1. The van der Waals surface area contributed by atoms with Gasteiger partial charge in [0.05, 0.1) is 11.9 Å². The normalized spacial score (nSPS) is 20.0. The summed E-state index contributed by atoms with van der Waals surface area (Å²) in [4.78, 5) is 15.9. The molecule has 6 nitrogen and oxygen atoms in total. The van der Waals surface area contributed by atoms with Crippen molar-refractivity contribution >= 4 is 17.4 Å². The van der Waals surface area contributed by atoms with Crippen LogP contribution in [0.1, 0.15) is 47.0 Å². The molecule has 0 bridgehead atoms. The highest BCUT2D eigenvalue weighted by Crippen LogP contribution is 2.30. The van der Waals surface area contributed by atoms with E-state index in [1.54, 1.807) is 6.20 Å². The Morgan fingerprint density at radius 3 is 2.48 bits per heavy atom. The molecule has 1 saturated heterocycles. The molecule has 2 rings (SSSR count). The second-order valence-electron chi connectivity index (χ2n) is 7.66. The van der Waals surface area contributed by atoms with Crippen LogP contribution in [0.3, 0.4) is 0 Å². The lowest BCUT2D eigenvalue weighted by Crippen LogP contribution is -2.60. The summed E-state index contributed by atoms with van der Waals surface area (Å²) in [7, 11) is 0. The van der Waals surface area contributed by atoms with E-state index in [9.17, 15) is 4.79 Å². The highest BCUT2D eigenvalue weighted by atomic mass is 16.1. The average Bonchev–Trinajstić information content (AvgIpc) is 2.37. The Hall–Kier alpha value is -1.66. The number of nitrogens with one attached hydrogen (secondary N) is 3. The maximum atomic E-state index is 11.5. The molecule has 1 aliphatic rings. The molecule has 1 fully saturated rings. The third-order valence-corrected chi connectivity index (χ3v) is 3.96. The lowest BCUT2D eigenvalue weighted by atomic mass is 9.79. The van der Waals surface area contributed by atoms with Crippen LogP contribution in [0.15, 0.2) is 18.3 Å². The fourth-order valence-electron chi connectivity index (χ4n) is 3.54. The molecule has 0 spiro atoms. The monoisotopic (exact) mass is 319 g/mol. The van der Waals surface area contributed by atoms with E-state index in [-0.39, 0.29) is 17.0 Å². The van der Waals surface area contributed by atoms with Gasteiger partial charge in [-0.25, -0.2) is 4.98 Å². The van der Waals surface area contributed by atoms with E-state index < -0.39 is 0 Å². The van der Waals surface area contributed by atoms with Crippen molar-refractivity contribution in [3.63, 3.8) is 0 Å². The predicted octanol–water partition coefficient (Wildman–Crippen LogP) is 2.09. The zero-order valence-electron chi connectivity index (χ0n) is 14.6. The second kappa shape index (κ2) is 6.84. The number of piperidine rings is 1. The molecule has 1 aromatic heterocycles. The smallest absolute Gasteiger partial charge is 0.225 e. The van der Waals surface area contributed by atoms with E-state index in [0.717, 1.165) is 18.7 Å². The minimum atomic E-state index is -0.0862. The van der Waals surface area contributed by atoms with Gasteiger partial charge in [0.1, 0.15) is 5.82 Å². The standard InChI is InChI=1S/C17H29N5O/c1-16(2)9-13(10-17(3,4)22-16)20-14-6-5-12(11-19-14)21-15(23)7-8-18/h5-6,11,13,22H,7-10,18H2,1-4H3,(H,19,20)(H,21,23). The van der Waals surface area contributed by atoms with Crippen molar-refractivity contribution in [1.82, 2.24) is 10.3 Å². The van der Waals surface area contributed by atoms with Gasteiger partial charge in [0.15, 0.2) is 0 Å². The average molecular weight is 319 g/mol. The van der Waals surface area contributed by atoms with E-state index >= 15 is 0 Å². The molecule has 1 amide bonds. The number of aromatic nitrogens is 1. The number of pyridine rings is 1. The Kier molecular flexibility index (Phi) is 5.26. The first-order valence-electron chi connectivity index (χ1n) is 8.21. The number of rotatable bonds is 5. The number of amides is 1. The SMILES string of the molecule is CC1(C)CC(Nc2ccc(NC(=O)CCN)cn2)CC(C)(C)N1. The Balaban J connectivity index is 1.96. The Morgan fingerprint density at radius 1 is 1.30 bits per heavy atom. The van der Waals surface area contributed by atoms with E-state index in [1.807, 2.05) is 12.1 Å². The fraction of sp³-hybridized carbons (Fsp3) is 0.647. The summed E-state index contributed by atoms with van der Waals surface area (Å²) in [5.74, 6) is 0.747. The maximum absolute atomic E-state index is 11.5. The third-order valence-electron chi connectivity index (χ3n) is 3.96. The Morgan fingerprint density at radius 2 is 1.96 bits per heavy atom. The van der Waals surface area contributed by atoms with Crippen LogP contribution in [0, 0.1) is 0 Å². The van der Waals surface area contributed by atoms with Crippen molar-refractivity contribution in [3.05, 3.63) is 18.3 Å². The van der Waals surface area contributed by atoms with Gasteiger partial charge in [-0.2, -0.15) is 0 Å². The lowest BCUT2D eigenvalue weighted by Gasteiger charge is -2.46. The summed E-state index contributed by atoms with van der Waals surface area (Å²) in [6, 6.07) is 4.13. The van der Waals surface area contributed by atoms with E-state index in [1.165, 1.54) is 0 Å². The van der Waals surface area contributed by atoms with Crippen LogP contribution >= 0.6 is 0 Å². The van der Waals surface area contributed by atoms with Crippen LogP contribution in [0.2, 0.25) is 0 Å². The van der Waals surface area contributed by atoms with Crippen LogP contribution in [0.4, 0.5) is 11.5 Å². The Labute approximate surface area is 138 Å². The second-order valence-corrected chi connectivity index (χ2v) is 7.66. The molecule has 6 heteroatoms. The lowest BCUT2D eigenvalue weighted by molar-refractivity contribution is -0.116. The zero-order valence-corrected chi connectivity index (χ0v) is 14.6. The molecule has 0 aromatic carbocycles. The van der Waals surface area contributed by atoms with Gasteiger partial charge in [-0.05, 0) is 52.7 Å². The molecule has 0 saturated carbocycles.